The third-order valence-corrected chi connectivity index (χ3v) is 7.00. The van der Waals surface area contributed by atoms with Crippen LogP contribution < -0.4 is 0 Å². The Morgan fingerprint density at radius 3 is 1.82 bits per heavy atom. The molecule has 2 atom stereocenters. The number of hydrogen-bond acceptors (Lipinski definition) is 5. The largest absolute Gasteiger partial charge is 0.466 e. The van der Waals surface area contributed by atoms with Gasteiger partial charge in [-0.3, -0.25) is 9.36 Å². The highest BCUT2D eigenvalue weighted by molar-refractivity contribution is 7.53. The van der Waals surface area contributed by atoms with Crippen molar-refractivity contribution in [3.8, 4) is 0 Å². The van der Waals surface area contributed by atoms with Crippen molar-refractivity contribution in [1.29, 1.82) is 0 Å². The highest BCUT2D eigenvalue weighted by Crippen LogP contribution is 2.47. The van der Waals surface area contributed by atoms with Gasteiger partial charge in [0.25, 0.3) is 0 Å². The number of ether oxygens (including phenoxy) is 1. The van der Waals surface area contributed by atoms with Gasteiger partial charge in [0.15, 0.2) is 0 Å². The van der Waals surface area contributed by atoms with Crippen molar-refractivity contribution in [3.05, 3.63) is 0 Å². The van der Waals surface area contributed by atoms with Crippen LogP contribution in [-0.2, 0) is 23.1 Å². The molecule has 0 rings (SSSR count). The Bertz CT molecular complexity index is 414. The summed E-state index contributed by atoms with van der Waals surface area (Å²) in [6, 6.07) is 0. The average Bonchev–Trinajstić information content (AvgIpc) is 2.68. The minimum atomic E-state index is -3.01. The number of unbranched alkanes of at least 4 members (excludes halogenated alkanes) is 9. The first-order valence-electron chi connectivity index (χ1n) is 11.6. The second-order valence-corrected chi connectivity index (χ2v) is 9.76. The van der Waals surface area contributed by atoms with Gasteiger partial charge in [-0.25, -0.2) is 0 Å². The van der Waals surface area contributed by atoms with Gasteiger partial charge in [-0.2, -0.15) is 0 Å². The molecule has 0 radical (unpaired) electrons. The van der Waals surface area contributed by atoms with Gasteiger partial charge < -0.3 is 13.8 Å². The Labute approximate surface area is 173 Å². The van der Waals surface area contributed by atoms with E-state index in [9.17, 15) is 9.36 Å². The fourth-order valence-corrected chi connectivity index (χ4v) is 4.49. The standard InChI is InChI=1S/C22H45O5P/c1-5-9-10-11-12-13-14-15-16-17-18-21(22(23)25-6-2)19-20-27-28(24,8-4)26-7-3/h21H,5-20H2,1-4H3. The smallest absolute Gasteiger partial charge is 0.330 e. The maximum atomic E-state index is 12.3. The van der Waals surface area contributed by atoms with E-state index in [0.717, 1.165) is 19.3 Å². The first kappa shape index (κ1) is 27.6. The molecule has 0 aliphatic carbocycles. The number of hydrogen-bond donors (Lipinski definition) is 0. The van der Waals surface area contributed by atoms with Crippen LogP contribution in [-0.4, -0.2) is 32.0 Å². The fraction of sp³-hybridized carbons (Fsp3) is 0.955. The van der Waals surface area contributed by atoms with Gasteiger partial charge in [-0.15, -0.1) is 0 Å². The first-order chi connectivity index (χ1) is 13.5. The minimum Gasteiger partial charge on any atom is -0.466 e. The van der Waals surface area contributed by atoms with Crippen molar-refractivity contribution in [3.63, 3.8) is 0 Å². The summed E-state index contributed by atoms with van der Waals surface area (Å²) < 4.78 is 28.3. The van der Waals surface area contributed by atoms with Crippen LogP contribution in [0.2, 0.25) is 0 Å². The molecule has 0 N–H and O–H groups in total. The van der Waals surface area contributed by atoms with Gasteiger partial charge in [0.1, 0.15) is 0 Å². The highest BCUT2D eigenvalue weighted by Gasteiger charge is 2.24. The number of esters is 1. The molecule has 0 aliphatic rings. The third-order valence-electron chi connectivity index (χ3n) is 4.99. The first-order valence-corrected chi connectivity index (χ1v) is 13.3. The van der Waals surface area contributed by atoms with E-state index in [0.29, 0.717) is 25.8 Å². The quantitative estimate of drug-likeness (QED) is 0.119. The van der Waals surface area contributed by atoms with Crippen LogP contribution in [0.5, 0.6) is 0 Å². The summed E-state index contributed by atoms with van der Waals surface area (Å²) in [5, 5.41) is 0. The molecular weight excluding hydrogens is 375 g/mol. The van der Waals surface area contributed by atoms with Crippen LogP contribution in [0.15, 0.2) is 0 Å². The van der Waals surface area contributed by atoms with E-state index in [1.54, 1.807) is 13.8 Å². The summed E-state index contributed by atoms with van der Waals surface area (Å²) in [5.74, 6) is -0.342. The monoisotopic (exact) mass is 420 g/mol. The van der Waals surface area contributed by atoms with Crippen molar-refractivity contribution in [2.24, 2.45) is 5.92 Å². The zero-order valence-electron chi connectivity index (χ0n) is 18.9. The van der Waals surface area contributed by atoms with E-state index in [2.05, 4.69) is 6.92 Å². The molecule has 168 valence electrons. The van der Waals surface area contributed by atoms with Crippen LogP contribution in [0.25, 0.3) is 0 Å². The fourth-order valence-electron chi connectivity index (χ4n) is 3.27. The molecule has 0 aromatic carbocycles. The number of carbonyl (C=O) groups excluding carboxylic acids is 1. The predicted molar refractivity (Wildman–Crippen MR) is 117 cm³/mol. The van der Waals surface area contributed by atoms with Crippen LogP contribution in [0, 0.1) is 5.92 Å². The lowest BCUT2D eigenvalue weighted by Crippen LogP contribution is -2.19. The van der Waals surface area contributed by atoms with Crippen molar-refractivity contribution in [1.82, 2.24) is 0 Å². The normalized spacial score (nSPS) is 14.6. The summed E-state index contributed by atoms with van der Waals surface area (Å²) in [6.07, 6.45) is 14.4. The SMILES string of the molecule is CCCCCCCCCCCCC(CCOP(=O)(CC)OCC)C(=O)OCC. The molecule has 0 aliphatic heterocycles. The molecule has 28 heavy (non-hydrogen) atoms. The predicted octanol–water partition coefficient (Wildman–Crippen LogP) is 7.13. The lowest BCUT2D eigenvalue weighted by Gasteiger charge is -2.19. The molecule has 0 saturated carbocycles. The molecule has 0 heterocycles. The molecule has 0 fully saturated rings. The second-order valence-electron chi connectivity index (χ2n) is 7.39. The summed E-state index contributed by atoms with van der Waals surface area (Å²) in [7, 11) is -3.01. The van der Waals surface area contributed by atoms with Gasteiger partial charge in [0.05, 0.1) is 25.7 Å². The van der Waals surface area contributed by atoms with E-state index in [1.165, 1.54) is 51.4 Å². The lowest BCUT2D eigenvalue weighted by molar-refractivity contribution is -0.148. The van der Waals surface area contributed by atoms with Gasteiger partial charge >= 0.3 is 13.6 Å². The van der Waals surface area contributed by atoms with Crippen molar-refractivity contribution in [2.75, 3.05) is 26.0 Å². The van der Waals surface area contributed by atoms with E-state index < -0.39 is 7.60 Å². The van der Waals surface area contributed by atoms with Crippen molar-refractivity contribution < 1.29 is 23.1 Å². The maximum Gasteiger partial charge on any atom is 0.330 e. The minimum absolute atomic E-state index is 0.162. The van der Waals surface area contributed by atoms with Crippen LogP contribution in [0.1, 0.15) is 105 Å². The molecule has 0 spiro atoms. The molecule has 5 nitrogen and oxygen atoms in total. The summed E-state index contributed by atoms with van der Waals surface area (Å²) in [6.45, 7) is 8.70. The molecule has 0 bridgehead atoms. The molecule has 2 unspecified atom stereocenters. The van der Waals surface area contributed by atoms with E-state index in [1.807, 2.05) is 6.92 Å². The molecule has 6 heteroatoms. The van der Waals surface area contributed by atoms with E-state index in [-0.39, 0.29) is 18.5 Å². The van der Waals surface area contributed by atoms with Gasteiger partial charge in [-0.05, 0) is 26.7 Å². The average molecular weight is 421 g/mol. The Morgan fingerprint density at radius 1 is 0.750 bits per heavy atom. The van der Waals surface area contributed by atoms with E-state index >= 15 is 0 Å². The number of rotatable bonds is 20. The lowest BCUT2D eigenvalue weighted by atomic mass is 9.97. The highest BCUT2D eigenvalue weighted by atomic mass is 31.2. The van der Waals surface area contributed by atoms with Crippen LogP contribution in [0.3, 0.4) is 0 Å². The Morgan fingerprint density at radius 2 is 1.32 bits per heavy atom. The number of carbonyl (C=O) groups is 1. The summed E-state index contributed by atoms with van der Waals surface area (Å²) in [4.78, 5) is 12.2. The van der Waals surface area contributed by atoms with Crippen LogP contribution >= 0.6 is 7.60 Å². The van der Waals surface area contributed by atoms with Gasteiger partial charge in [0, 0.05) is 6.16 Å². The Kier molecular flexibility index (Phi) is 18.4. The van der Waals surface area contributed by atoms with Gasteiger partial charge in [-0.1, -0.05) is 78.1 Å². The molecule has 0 saturated heterocycles. The van der Waals surface area contributed by atoms with Crippen molar-refractivity contribution in [2.45, 2.75) is 105 Å². The molecule has 0 aromatic heterocycles. The van der Waals surface area contributed by atoms with Gasteiger partial charge in [0.2, 0.25) is 0 Å². The third kappa shape index (κ3) is 14.6. The van der Waals surface area contributed by atoms with Crippen molar-refractivity contribution >= 4 is 13.6 Å². The van der Waals surface area contributed by atoms with Crippen LogP contribution in [0.4, 0.5) is 0 Å². The zero-order valence-corrected chi connectivity index (χ0v) is 19.8. The zero-order chi connectivity index (χ0) is 21.1. The molecule has 0 aromatic rings. The van der Waals surface area contributed by atoms with E-state index in [4.69, 9.17) is 13.8 Å². The summed E-state index contributed by atoms with van der Waals surface area (Å²) >= 11 is 0. The Hall–Kier alpha value is -0.380. The molecular formula is C22H45O5P. The second kappa shape index (κ2) is 18.6. The summed E-state index contributed by atoms with van der Waals surface area (Å²) in [5.41, 5.74) is 0. The molecule has 0 amide bonds. The topological polar surface area (TPSA) is 61.8 Å². The maximum absolute atomic E-state index is 12.3. The Balaban J connectivity index is 4.06.